The van der Waals surface area contributed by atoms with Crippen LogP contribution in [0.25, 0.3) is 27.9 Å². The normalized spacial score (nSPS) is 12.1. The molecule has 3 N–H and O–H groups in total. The number of aromatic nitrogens is 1. The van der Waals surface area contributed by atoms with Crippen molar-refractivity contribution in [2.45, 2.75) is 13.5 Å². The van der Waals surface area contributed by atoms with Crippen LogP contribution in [0, 0.1) is 21.9 Å². The van der Waals surface area contributed by atoms with Crippen LogP contribution in [-0.2, 0) is 6.54 Å². The number of fused-ring (bicyclic) bond motifs is 4. The summed E-state index contributed by atoms with van der Waals surface area (Å²) >= 11 is 0. The SMILES string of the molecule is Cc1c2c(c(C(=O)NCCNC(=O)N(C)N=O)c3[nH]c4ccccc4c13)C=CN(C(=O)Oc1ccc([N+](=O)[O-])cc1)C2. The van der Waals surface area contributed by atoms with Gasteiger partial charge in [0, 0.05) is 54.8 Å². The lowest BCUT2D eigenvalue weighted by Crippen LogP contribution is -2.39. The smallest absolute Gasteiger partial charge is 0.410 e. The Balaban J connectivity index is 1.45. The first-order chi connectivity index (χ1) is 20.2. The lowest BCUT2D eigenvalue weighted by molar-refractivity contribution is -0.384. The molecule has 0 saturated heterocycles. The second-order valence-electron chi connectivity index (χ2n) is 9.47. The molecule has 0 unspecified atom stereocenters. The molecule has 0 spiro atoms. The van der Waals surface area contributed by atoms with Gasteiger partial charge in [-0.05, 0) is 47.9 Å². The number of nitro benzene ring substituents is 1. The van der Waals surface area contributed by atoms with Crippen molar-refractivity contribution in [3.05, 3.63) is 92.0 Å². The van der Waals surface area contributed by atoms with Gasteiger partial charge in [0.15, 0.2) is 0 Å². The Morgan fingerprint density at radius 2 is 1.83 bits per heavy atom. The van der Waals surface area contributed by atoms with Crippen LogP contribution in [0.1, 0.15) is 27.0 Å². The summed E-state index contributed by atoms with van der Waals surface area (Å²) in [5.74, 6) is -0.249. The lowest BCUT2D eigenvalue weighted by Gasteiger charge is -2.26. The molecule has 14 heteroatoms. The lowest BCUT2D eigenvalue weighted by atomic mass is 9.89. The number of urea groups is 1. The summed E-state index contributed by atoms with van der Waals surface area (Å²) in [6, 6.07) is 12.1. The van der Waals surface area contributed by atoms with Crippen molar-refractivity contribution in [3.8, 4) is 5.75 Å². The minimum Gasteiger partial charge on any atom is -0.410 e. The van der Waals surface area contributed by atoms with E-state index in [0.29, 0.717) is 21.7 Å². The van der Waals surface area contributed by atoms with Gasteiger partial charge in [-0.25, -0.2) is 9.59 Å². The van der Waals surface area contributed by atoms with Gasteiger partial charge in [-0.2, -0.15) is 5.01 Å². The van der Waals surface area contributed by atoms with Crippen molar-refractivity contribution < 1.29 is 24.0 Å². The molecule has 3 aromatic carbocycles. The number of carbonyl (C=O) groups is 3. The Kier molecular flexibility index (Phi) is 7.51. The fourth-order valence-electron chi connectivity index (χ4n) is 4.87. The molecule has 14 nitrogen and oxygen atoms in total. The topological polar surface area (TPSA) is 179 Å². The van der Waals surface area contributed by atoms with E-state index in [1.165, 1.54) is 42.4 Å². The van der Waals surface area contributed by atoms with E-state index >= 15 is 0 Å². The molecule has 0 saturated carbocycles. The molecule has 0 radical (unpaired) electrons. The van der Waals surface area contributed by atoms with E-state index < -0.39 is 23.0 Å². The quantitative estimate of drug-likeness (QED) is 0.126. The number of H-pyrrole nitrogens is 1. The predicted molar refractivity (Wildman–Crippen MR) is 154 cm³/mol. The molecule has 4 aromatic rings. The Morgan fingerprint density at radius 1 is 1.12 bits per heavy atom. The summed E-state index contributed by atoms with van der Waals surface area (Å²) in [5.41, 5.74) is 3.96. The van der Waals surface area contributed by atoms with E-state index in [4.69, 9.17) is 4.74 Å². The third-order valence-electron chi connectivity index (χ3n) is 6.95. The summed E-state index contributed by atoms with van der Waals surface area (Å²) in [6.45, 7) is 2.18. The molecule has 2 heterocycles. The first kappa shape index (κ1) is 27.8. The van der Waals surface area contributed by atoms with E-state index in [0.717, 1.165) is 27.4 Å². The second-order valence-corrected chi connectivity index (χ2v) is 9.47. The van der Waals surface area contributed by atoms with Gasteiger partial charge in [-0.1, -0.05) is 18.2 Å². The largest absolute Gasteiger partial charge is 0.419 e. The Hall–Kier alpha value is -5.79. The van der Waals surface area contributed by atoms with Crippen LogP contribution in [0.2, 0.25) is 0 Å². The number of aryl methyl sites for hydroxylation is 1. The number of nitrogens with one attached hydrogen (secondary N) is 3. The maximum atomic E-state index is 13.6. The van der Waals surface area contributed by atoms with Gasteiger partial charge in [0.1, 0.15) is 5.75 Å². The number of non-ortho nitro benzene ring substituents is 1. The van der Waals surface area contributed by atoms with Gasteiger partial charge in [-0.3, -0.25) is 19.8 Å². The molecule has 1 aliphatic heterocycles. The van der Waals surface area contributed by atoms with Crippen molar-refractivity contribution in [2.24, 2.45) is 5.29 Å². The molecule has 42 heavy (non-hydrogen) atoms. The molecule has 1 aliphatic rings. The van der Waals surface area contributed by atoms with Crippen LogP contribution in [0.3, 0.4) is 0 Å². The standard InChI is InChI=1S/C28H25N7O7/c1-16-21-15-34(28(38)42-18-9-7-17(8-10-18)35(40)41)14-11-19(21)24(25-23(16)20-5-3-4-6-22(20)31-25)26(36)29-12-13-30-27(37)33(2)32-39/h3-11,14,31H,12-13,15H2,1-2H3,(H,29,36)(H,30,37). The van der Waals surface area contributed by atoms with Crippen LogP contribution >= 0.6 is 0 Å². The highest BCUT2D eigenvalue weighted by molar-refractivity contribution is 6.18. The summed E-state index contributed by atoms with van der Waals surface area (Å²) in [5, 5.41) is 21.1. The minimum absolute atomic E-state index is 0.0619. The van der Waals surface area contributed by atoms with Gasteiger partial charge in [-0.15, -0.1) is 4.91 Å². The molecule has 0 bridgehead atoms. The van der Waals surface area contributed by atoms with Gasteiger partial charge >= 0.3 is 12.1 Å². The van der Waals surface area contributed by atoms with Crippen LogP contribution in [0.5, 0.6) is 5.75 Å². The summed E-state index contributed by atoms with van der Waals surface area (Å²) < 4.78 is 5.44. The molecule has 0 atom stereocenters. The number of aromatic amines is 1. The minimum atomic E-state index is -0.700. The number of ether oxygens (including phenoxy) is 1. The Labute approximate surface area is 238 Å². The molecular formula is C28H25N7O7. The highest BCUT2D eigenvalue weighted by atomic mass is 16.6. The first-order valence-electron chi connectivity index (χ1n) is 12.8. The van der Waals surface area contributed by atoms with Crippen molar-refractivity contribution in [2.75, 3.05) is 20.1 Å². The third-order valence-corrected chi connectivity index (χ3v) is 6.95. The van der Waals surface area contributed by atoms with E-state index in [9.17, 15) is 29.4 Å². The van der Waals surface area contributed by atoms with Gasteiger partial charge in [0.05, 0.1) is 27.8 Å². The zero-order chi connectivity index (χ0) is 30.0. The number of benzene rings is 3. The molecule has 4 amide bonds. The maximum absolute atomic E-state index is 13.6. The van der Waals surface area contributed by atoms with Gasteiger partial charge in [0.2, 0.25) is 0 Å². The number of nitroso groups, excluding NO2 is 1. The molecule has 1 aromatic heterocycles. The average Bonchev–Trinajstić information content (AvgIpc) is 3.38. The number of rotatable bonds is 7. The zero-order valence-electron chi connectivity index (χ0n) is 22.5. The Bertz CT molecular complexity index is 1780. The number of nitro groups is 1. The van der Waals surface area contributed by atoms with E-state index in [1.807, 2.05) is 31.2 Å². The van der Waals surface area contributed by atoms with Crippen LogP contribution < -0.4 is 15.4 Å². The first-order valence-corrected chi connectivity index (χ1v) is 12.8. The number of para-hydroxylation sites is 1. The highest BCUT2D eigenvalue weighted by Crippen LogP contribution is 2.38. The summed E-state index contributed by atoms with van der Waals surface area (Å²) in [7, 11) is 1.21. The monoisotopic (exact) mass is 571 g/mol. The highest BCUT2D eigenvalue weighted by Gasteiger charge is 2.28. The fraction of sp³-hybridized carbons (Fsp3) is 0.179. The van der Waals surface area contributed by atoms with Crippen LogP contribution in [-0.4, -0.2) is 58.0 Å². The maximum Gasteiger partial charge on any atom is 0.419 e. The van der Waals surface area contributed by atoms with Crippen molar-refractivity contribution >= 4 is 51.6 Å². The molecule has 0 fully saturated rings. The van der Waals surface area contributed by atoms with E-state index in [1.54, 1.807) is 6.08 Å². The zero-order valence-corrected chi connectivity index (χ0v) is 22.5. The van der Waals surface area contributed by atoms with Crippen LogP contribution in [0.4, 0.5) is 15.3 Å². The van der Waals surface area contributed by atoms with Crippen molar-refractivity contribution in [1.29, 1.82) is 0 Å². The summed E-state index contributed by atoms with van der Waals surface area (Å²) in [4.78, 5) is 63.9. The summed E-state index contributed by atoms with van der Waals surface area (Å²) in [6.07, 6.45) is 2.49. The van der Waals surface area contributed by atoms with Crippen LogP contribution in [0.15, 0.2) is 60.0 Å². The second kappa shape index (κ2) is 11.4. The van der Waals surface area contributed by atoms with Crippen molar-refractivity contribution in [3.63, 3.8) is 0 Å². The predicted octanol–water partition coefficient (Wildman–Crippen LogP) is 4.58. The number of amides is 4. The molecule has 0 aliphatic carbocycles. The fourth-order valence-corrected chi connectivity index (χ4v) is 4.87. The number of nitrogens with zero attached hydrogens (tertiary/aromatic N) is 4. The number of carbonyl (C=O) groups excluding carboxylic acids is 3. The third kappa shape index (κ3) is 5.20. The van der Waals surface area contributed by atoms with Gasteiger partial charge < -0.3 is 20.4 Å². The number of hydrogen-bond donors (Lipinski definition) is 3. The average molecular weight is 572 g/mol. The number of hydrogen-bond acceptors (Lipinski definition) is 8. The van der Waals surface area contributed by atoms with Crippen molar-refractivity contribution in [1.82, 2.24) is 25.5 Å². The van der Waals surface area contributed by atoms with E-state index in [-0.39, 0.29) is 31.1 Å². The Morgan fingerprint density at radius 3 is 2.55 bits per heavy atom. The molecule has 5 rings (SSSR count). The molecule has 214 valence electrons. The van der Waals surface area contributed by atoms with Gasteiger partial charge in [0.25, 0.3) is 11.6 Å². The van der Waals surface area contributed by atoms with E-state index in [2.05, 4.69) is 20.9 Å². The molecular weight excluding hydrogens is 546 g/mol.